The van der Waals surface area contributed by atoms with E-state index in [1.165, 1.54) is 18.2 Å². The van der Waals surface area contributed by atoms with Gasteiger partial charge in [-0.2, -0.15) is 4.98 Å². The number of rotatable bonds is 6. The van der Waals surface area contributed by atoms with Gasteiger partial charge >= 0.3 is 0 Å². The van der Waals surface area contributed by atoms with E-state index in [0.717, 1.165) is 35.8 Å². The summed E-state index contributed by atoms with van der Waals surface area (Å²) in [6, 6.07) is 14.5. The summed E-state index contributed by atoms with van der Waals surface area (Å²) in [5, 5.41) is 8.41. The molecule has 4 rings (SSSR count). The van der Waals surface area contributed by atoms with Crippen LogP contribution in [0, 0.1) is 0 Å². The van der Waals surface area contributed by atoms with Gasteiger partial charge < -0.3 is 15.5 Å². The zero-order chi connectivity index (χ0) is 22.3. The minimum atomic E-state index is 0.0630. The second-order valence-electron chi connectivity index (χ2n) is 7.79. The van der Waals surface area contributed by atoms with E-state index in [0.29, 0.717) is 22.3 Å². The molecule has 2 aromatic heterocycles. The van der Waals surface area contributed by atoms with Crippen LogP contribution >= 0.6 is 24.0 Å². The van der Waals surface area contributed by atoms with Gasteiger partial charge in [0.15, 0.2) is 10.3 Å². The maximum Gasteiger partial charge on any atom is 0.232 e. The van der Waals surface area contributed by atoms with Crippen molar-refractivity contribution in [3.05, 3.63) is 60.4 Å². The van der Waals surface area contributed by atoms with E-state index >= 15 is 0 Å². The molecule has 0 bridgehead atoms. The molecule has 2 N–H and O–H groups in total. The van der Waals surface area contributed by atoms with Gasteiger partial charge in [0.25, 0.3) is 0 Å². The maximum atomic E-state index is 5.56. The Morgan fingerprint density at radius 2 is 1.91 bits per heavy atom. The van der Waals surface area contributed by atoms with Crippen LogP contribution in [0.5, 0.6) is 0 Å². The van der Waals surface area contributed by atoms with Gasteiger partial charge in [-0.3, -0.25) is 0 Å². The van der Waals surface area contributed by atoms with Crippen LogP contribution in [0.25, 0.3) is 0 Å². The largest absolute Gasteiger partial charge is 0.356 e. The molecule has 0 spiro atoms. The first-order valence-electron chi connectivity index (χ1n) is 10.8. The Labute approximate surface area is 198 Å². The van der Waals surface area contributed by atoms with Gasteiger partial charge in [-0.15, -0.1) is 0 Å². The van der Waals surface area contributed by atoms with Crippen molar-refractivity contribution in [3.8, 4) is 0 Å². The highest BCUT2D eigenvalue weighted by Crippen LogP contribution is 2.29. The molecule has 3 heterocycles. The molecule has 1 aromatic carbocycles. The highest BCUT2D eigenvalue weighted by Gasteiger charge is 2.22. The highest BCUT2D eigenvalue weighted by atomic mass is 32.2. The molecule has 1 saturated heterocycles. The molecule has 0 unspecified atom stereocenters. The first-order valence-corrected chi connectivity index (χ1v) is 12.0. The van der Waals surface area contributed by atoms with Crippen LogP contribution in [0.1, 0.15) is 44.7 Å². The van der Waals surface area contributed by atoms with Crippen molar-refractivity contribution in [2.45, 2.75) is 55.4 Å². The molecule has 0 amide bonds. The van der Waals surface area contributed by atoms with Crippen molar-refractivity contribution < 1.29 is 0 Å². The number of benzene rings is 1. The number of aromatic nitrogens is 4. The predicted molar refractivity (Wildman–Crippen MR) is 133 cm³/mol. The average molecular weight is 466 g/mol. The average Bonchev–Trinajstić information content (AvgIpc) is 2.80. The number of hydrogen-bond acceptors (Lipinski definition) is 7. The normalized spacial score (nSPS) is 16.9. The van der Waals surface area contributed by atoms with E-state index in [2.05, 4.69) is 56.5 Å². The lowest BCUT2D eigenvalue weighted by atomic mass is 10.0. The number of anilines is 2. The van der Waals surface area contributed by atoms with Crippen molar-refractivity contribution in [1.82, 2.24) is 25.3 Å². The van der Waals surface area contributed by atoms with Crippen molar-refractivity contribution in [2.75, 3.05) is 16.8 Å². The summed E-state index contributed by atoms with van der Waals surface area (Å²) in [7, 11) is 0. The number of piperidine rings is 1. The SMILES string of the molecule is C[C@H](NC(=S)Nc1nc(Sc2ncccn2)cc(N2CCCC[C@@H]2C)n1)c1ccccc1. The van der Waals surface area contributed by atoms with Crippen LogP contribution in [0.15, 0.2) is 65.0 Å². The third-order valence-corrected chi connectivity index (χ3v) is 6.43. The lowest BCUT2D eigenvalue weighted by molar-refractivity contribution is 0.480. The zero-order valence-electron chi connectivity index (χ0n) is 18.2. The van der Waals surface area contributed by atoms with Crippen molar-refractivity contribution in [2.24, 2.45) is 0 Å². The molecule has 32 heavy (non-hydrogen) atoms. The first kappa shape index (κ1) is 22.4. The van der Waals surface area contributed by atoms with E-state index in [1.807, 2.05) is 24.3 Å². The molecule has 9 heteroatoms. The van der Waals surface area contributed by atoms with E-state index in [1.54, 1.807) is 18.5 Å². The lowest BCUT2D eigenvalue weighted by Gasteiger charge is -2.34. The molecular formula is C23H27N7S2. The van der Waals surface area contributed by atoms with E-state index in [9.17, 15) is 0 Å². The minimum Gasteiger partial charge on any atom is -0.356 e. The fourth-order valence-electron chi connectivity index (χ4n) is 3.70. The minimum absolute atomic E-state index is 0.0630. The zero-order valence-corrected chi connectivity index (χ0v) is 19.9. The smallest absolute Gasteiger partial charge is 0.232 e. The van der Waals surface area contributed by atoms with E-state index in [-0.39, 0.29) is 6.04 Å². The molecule has 0 radical (unpaired) electrons. The molecule has 2 atom stereocenters. The van der Waals surface area contributed by atoms with Crippen LogP contribution in [0.4, 0.5) is 11.8 Å². The summed E-state index contributed by atoms with van der Waals surface area (Å²) in [5.74, 6) is 1.36. The topological polar surface area (TPSA) is 78.9 Å². The first-order chi connectivity index (χ1) is 15.6. The van der Waals surface area contributed by atoms with Crippen molar-refractivity contribution in [1.29, 1.82) is 0 Å². The van der Waals surface area contributed by atoms with Gasteiger partial charge in [-0.05, 0) is 68.7 Å². The fraction of sp³-hybridized carbons (Fsp3) is 0.348. The Morgan fingerprint density at radius 1 is 1.12 bits per heavy atom. The fourth-order valence-corrected chi connectivity index (χ4v) is 4.68. The second kappa shape index (κ2) is 10.7. The molecular weight excluding hydrogens is 438 g/mol. The molecule has 0 saturated carbocycles. The summed E-state index contributed by atoms with van der Waals surface area (Å²) in [5.41, 5.74) is 1.16. The molecule has 166 valence electrons. The van der Waals surface area contributed by atoms with Gasteiger partial charge in [0.1, 0.15) is 10.8 Å². The summed E-state index contributed by atoms with van der Waals surface area (Å²) in [6.45, 7) is 5.30. The third-order valence-electron chi connectivity index (χ3n) is 5.40. The van der Waals surface area contributed by atoms with Gasteiger partial charge in [-0.1, -0.05) is 30.3 Å². The van der Waals surface area contributed by atoms with Gasteiger partial charge in [-0.25, -0.2) is 15.0 Å². The standard InChI is InChI=1S/C23H27N7S2/c1-16-9-6-7-14-30(16)19-15-20(32-23-24-12-8-13-25-23)28-21(27-19)29-22(31)26-17(2)18-10-4-3-5-11-18/h3-5,8,10-13,15-17H,6-7,9,14H2,1-2H3,(H2,26,27,28,29,31)/t16-,17-/m0/s1. The van der Waals surface area contributed by atoms with Gasteiger partial charge in [0, 0.05) is 31.0 Å². The summed E-state index contributed by atoms with van der Waals surface area (Å²) < 4.78 is 0. The van der Waals surface area contributed by atoms with Gasteiger partial charge in [0.05, 0.1) is 6.04 Å². The predicted octanol–water partition coefficient (Wildman–Crippen LogP) is 4.84. The molecule has 1 aliphatic heterocycles. The molecule has 7 nitrogen and oxygen atoms in total. The van der Waals surface area contributed by atoms with E-state index in [4.69, 9.17) is 17.2 Å². The Hall–Kier alpha value is -2.78. The third kappa shape index (κ3) is 5.92. The molecule has 0 aliphatic carbocycles. The van der Waals surface area contributed by atoms with Crippen LogP contribution in [-0.4, -0.2) is 37.6 Å². The summed E-state index contributed by atoms with van der Waals surface area (Å²) in [6.07, 6.45) is 7.03. The molecule has 1 fully saturated rings. The van der Waals surface area contributed by atoms with Crippen molar-refractivity contribution in [3.63, 3.8) is 0 Å². The molecule has 1 aliphatic rings. The lowest BCUT2D eigenvalue weighted by Crippen LogP contribution is -2.38. The Bertz CT molecular complexity index is 1030. The summed E-state index contributed by atoms with van der Waals surface area (Å²) in [4.78, 5) is 20.4. The number of hydrogen-bond donors (Lipinski definition) is 2. The van der Waals surface area contributed by atoms with Crippen LogP contribution in [0.3, 0.4) is 0 Å². The quantitative estimate of drug-likeness (QED) is 0.302. The van der Waals surface area contributed by atoms with Crippen LogP contribution < -0.4 is 15.5 Å². The number of nitrogens with zero attached hydrogens (tertiary/aromatic N) is 5. The Kier molecular flexibility index (Phi) is 7.49. The molecule has 3 aromatic rings. The van der Waals surface area contributed by atoms with Crippen LogP contribution in [-0.2, 0) is 0 Å². The monoisotopic (exact) mass is 465 g/mol. The Balaban J connectivity index is 1.54. The Morgan fingerprint density at radius 3 is 2.66 bits per heavy atom. The highest BCUT2D eigenvalue weighted by molar-refractivity contribution is 7.99. The number of thiocarbonyl (C=S) groups is 1. The second-order valence-corrected chi connectivity index (χ2v) is 9.19. The maximum absolute atomic E-state index is 5.56. The van der Waals surface area contributed by atoms with Gasteiger partial charge in [0.2, 0.25) is 5.95 Å². The van der Waals surface area contributed by atoms with Crippen molar-refractivity contribution >= 4 is 40.9 Å². The summed E-state index contributed by atoms with van der Waals surface area (Å²) >= 11 is 6.98. The van der Waals surface area contributed by atoms with E-state index < -0.39 is 0 Å². The van der Waals surface area contributed by atoms with Crippen LogP contribution in [0.2, 0.25) is 0 Å². The number of nitrogens with one attached hydrogen (secondary N) is 2.